The van der Waals surface area contributed by atoms with Gasteiger partial charge in [-0.2, -0.15) is 0 Å². The lowest BCUT2D eigenvalue weighted by Gasteiger charge is -2.09. The highest BCUT2D eigenvalue weighted by molar-refractivity contribution is 4.56. The van der Waals surface area contributed by atoms with E-state index in [0.29, 0.717) is 0 Å². The van der Waals surface area contributed by atoms with Crippen LogP contribution in [0.25, 0.3) is 0 Å². The molecule has 44 valence electrons. The summed E-state index contributed by atoms with van der Waals surface area (Å²) in [4.78, 5) is 0. The molecule has 2 nitrogen and oxygen atoms in total. The molecule has 0 aromatic heterocycles. The summed E-state index contributed by atoms with van der Waals surface area (Å²) < 4.78 is 0. The Morgan fingerprint density at radius 3 is 1.71 bits per heavy atom. The van der Waals surface area contributed by atoms with Crippen LogP contribution in [0.4, 0.5) is 0 Å². The fourth-order valence-electron chi connectivity index (χ4n) is 0.177. The van der Waals surface area contributed by atoms with Gasteiger partial charge in [0.2, 0.25) is 0 Å². The third kappa shape index (κ3) is 5.92. The number of hydrogen-bond donors (Lipinski definition) is 2. The van der Waals surface area contributed by atoms with Crippen LogP contribution in [0.1, 0.15) is 13.3 Å². The SMILES string of the molecule is C1CNC1.CCO. The highest BCUT2D eigenvalue weighted by atomic mass is 16.2. The van der Waals surface area contributed by atoms with Gasteiger partial charge in [0, 0.05) is 6.61 Å². The van der Waals surface area contributed by atoms with Crippen LogP contribution in [0.2, 0.25) is 0 Å². The van der Waals surface area contributed by atoms with Crippen LogP contribution in [0.15, 0.2) is 0 Å². The highest BCUT2D eigenvalue weighted by Crippen LogP contribution is 1.80. The molecule has 0 atom stereocenters. The Labute approximate surface area is 44.5 Å². The third-order valence-electron chi connectivity index (χ3n) is 0.707. The molecule has 0 spiro atoms. The van der Waals surface area contributed by atoms with Gasteiger partial charge in [-0.05, 0) is 26.4 Å². The average Bonchev–Trinajstić information content (AvgIpc) is 1.27. The van der Waals surface area contributed by atoms with Gasteiger partial charge in [0.05, 0.1) is 0 Å². The summed E-state index contributed by atoms with van der Waals surface area (Å²) in [5.74, 6) is 0. The molecule has 0 aliphatic carbocycles. The lowest BCUT2D eigenvalue weighted by Crippen LogP contribution is -2.29. The summed E-state index contributed by atoms with van der Waals surface area (Å²) in [6.45, 7) is 4.43. The molecule has 0 aromatic carbocycles. The molecule has 1 saturated heterocycles. The van der Waals surface area contributed by atoms with Gasteiger partial charge in [-0.1, -0.05) is 0 Å². The second kappa shape index (κ2) is 5.92. The molecular formula is C5H13NO. The molecule has 0 radical (unpaired) electrons. The zero-order valence-corrected chi connectivity index (χ0v) is 4.78. The van der Waals surface area contributed by atoms with Crippen molar-refractivity contribution in [2.24, 2.45) is 0 Å². The first-order chi connectivity index (χ1) is 3.41. The van der Waals surface area contributed by atoms with Crippen LogP contribution in [0.5, 0.6) is 0 Å². The molecule has 1 aliphatic rings. The molecule has 1 fully saturated rings. The first-order valence-corrected chi connectivity index (χ1v) is 2.73. The van der Waals surface area contributed by atoms with Gasteiger partial charge in [-0.25, -0.2) is 0 Å². The topological polar surface area (TPSA) is 32.3 Å². The Kier molecular flexibility index (Phi) is 5.85. The van der Waals surface area contributed by atoms with Gasteiger partial charge in [-0.3, -0.25) is 0 Å². The molecule has 1 aliphatic heterocycles. The minimum Gasteiger partial charge on any atom is -0.397 e. The fraction of sp³-hybridized carbons (Fsp3) is 1.00. The standard InChI is InChI=1S/C3H7N.C2H6O/c1-2-4-3-1;1-2-3/h4H,1-3H2;3H,2H2,1H3. The number of nitrogens with one attached hydrogen (secondary N) is 1. The molecule has 0 aromatic rings. The van der Waals surface area contributed by atoms with E-state index in [1.165, 1.54) is 19.5 Å². The maximum absolute atomic E-state index is 7.57. The van der Waals surface area contributed by atoms with Crippen LogP contribution < -0.4 is 5.32 Å². The maximum Gasteiger partial charge on any atom is 0.0402 e. The quantitative estimate of drug-likeness (QED) is 0.451. The van der Waals surface area contributed by atoms with E-state index in [-0.39, 0.29) is 6.61 Å². The van der Waals surface area contributed by atoms with E-state index in [4.69, 9.17) is 5.11 Å². The molecule has 7 heavy (non-hydrogen) atoms. The predicted molar refractivity (Wildman–Crippen MR) is 30.2 cm³/mol. The van der Waals surface area contributed by atoms with Crippen molar-refractivity contribution in [1.29, 1.82) is 0 Å². The molecule has 1 rings (SSSR count). The summed E-state index contributed by atoms with van der Waals surface area (Å²) in [7, 11) is 0. The summed E-state index contributed by atoms with van der Waals surface area (Å²) in [6.07, 6.45) is 1.39. The van der Waals surface area contributed by atoms with Gasteiger partial charge in [0.15, 0.2) is 0 Å². The van der Waals surface area contributed by atoms with Crippen LogP contribution in [-0.2, 0) is 0 Å². The van der Waals surface area contributed by atoms with E-state index in [1.807, 2.05) is 0 Å². The molecule has 0 amide bonds. The first-order valence-electron chi connectivity index (χ1n) is 2.73. The summed E-state index contributed by atoms with van der Waals surface area (Å²) >= 11 is 0. The maximum atomic E-state index is 7.57. The fourth-order valence-corrected chi connectivity index (χ4v) is 0.177. The van der Waals surface area contributed by atoms with Crippen molar-refractivity contribution in [2.75, 3.05) is 19.7 Å². The first kappa shape index (κ1) is 6.92. The smallest absolute Gasteiger partial charge is 0.0402 e. The number of aliphatic hydroxyl groups excluding tert-OH is 1. The zero-order chi connectivity index (χ0) is 5.54. The second-order valence-electron chi connectivity index (χ2n) is 1.42. The van der Waals surface area contributed by atoms with E-state index in [1.54, 1.807) is 6.92 Å². The Bertz CT molecular complexity index is 23.3. The number of aliphatic hydroxyl groups is 1. The van der Waals surface area contributed by atoms with E-state index in [9.17, 15) is 0 Å². The highest BCUT2D eigenvalue weighted by Gasteiger charge is 1.92. The Balaban J connectivity index is 0.000000110. The molecule has 2 N–H and O–H groups in total. The van der Waals surface area contributed by atoms with Crippen molar-refractivity contribution < 1.29 is 5.11 Å². The van der Waals surface area contributed by atoms with Crippen molar-refractivity contribution >= 4 is 0 Å². The van der Waals surface area contributed by atoms with Crippen molar-refractivity contribution in [3.05, 3.63) is 0 Å². The number of hydrogen-bond acceptors (Lipinski definition) is 2. The minimum atomic E-state index is 0.250. The predicted octanol–water partition coefficient (Wildman–Crippen LogP) is -0.0217. The van der Waals surface area contributed by atoms with Gasteiger partial charge >= 0.3 is 0 Å². The van der Waals surface area contributed by atoms with Crippen LogP contribution in [0.3, 0.4) is 0 Å². The summed E-state index contributed by atoms with van der Waals surface area (Å²) in [6, 6.07) is 0. The van der Waals surface area contributed by atoms with Crippen molar-refractivity contribution in [3.8, 4) is 0 Å². The van der Waals surface area contributed by atoms with Crippen molar-refractivity contribution in [3.63, 3.8) is 0 Å². The number of rotatable bonds is 0. The summed E-state index contributed by atoms with van der Waals surface area (Å²) in [5.41, 5.74) is 0. The Morgan fingerprint density at radius 2 is 1.71 bits per heavy atom. The Morgan fingerprint density at radius 1 is 1.57 bits per heavy atom. The largest absolute Gasteiger partial charge is 0.397 e. The molecule has 0 unspecified atom stereocenters. The third-order valence-corrected chi connectivity index (χ3v) is 0.707. The molecular weight excluding hydrogens is 90.1 g/mol. The van der Waals surface area contributed by atoms with Gasteiger partial charge in [-0.15, -0.1) is 0 Å². The van der Waals surface area contributed by atoms with Gasteiger partial charge in [0.25, 0.3) is 0 Å². The molecule has 1 heterocycles. The normalized spacial score (nSPS) is 16.3. The lowest BCUT2D eigenvalue weighted by atomic mass is 10.3. The van der Waals surface area contributed by atoms with Crippen LogP contribution in [0, 0.1) is 0 Å². The monoisotopic (exact) mass is 103 g/mol. The molecule has 2 heteroatoms. The van der Waals surface area contributed by atoms with Crippen LogP contribution >= 0.6 is 0 Å². The van der Waals surface area contributed by atoms with Crippen molar-refractivity contribution in [1.82, 2.24) is 5.32 Å². The average molecular weight is 103 g/mol. The summed E-state index contributed by atoms with van der Waals surface area (Å²) in [5, 5.41) is 10.7. The van der Waals surface area contributed by atoms with Crippen molar-refractivity contribution in [2.45, 2.75) is 13.3 Å². The minimum absolute atomic E-state index is 0.250. The van der Waals surface area contributed by atoms with E-state index >= 15 is 0 Å². The van der Waals surface area contributed by atoms with E-state index in [2.05, 4.69) is 5.32 Å². The Hall–Kier alpha value is -0.0800. The van der Waals surface area contributed by atoms with Crippen LogP contribution in [-0.4, -0.2) is 24.8 Å². The van der Waals surface area contributed by atoms with E-state index in [0.717, 1.165) is 0 Å². The zero-order valence-electron chi connectivity index (χ0n) is 4.78. The van der Waals surface area contributed by atoms with Gasteiger partial charge < -0.3 is 10.4 Å². The van der Waals surface area contributed by atoms with Gasteiger partial charge in [0.1, 0.15) is 0 Å². The second-order valence-corrected chi connectivity index (χ2v) is 1.42. The molecule has 0 saturated carbocycles. The van der Waals surface area contributed by atoms with E-state index < -0.39 is 0 Å². The molecule has 0 bridgehead atoms. The lowest BCUT2D eigenvalue weighted by molar-refractivity contribution is 0.318.